The molecular weight excluding hydrogens is 322 g/mol. The Morgan fingerprint density at radius 1 is 1.12 bits per heavy atom. The molecule has 1 aliphatic heterocycles. The minimum absolute atomic E-state index is 0.125. The maximum atomic E-state index is 11.1. The van der Waals surface area contributed by atoms with Gasteiger partial charge in [0.15, 0.2) is 0 Å². The third-order valence-electron chi connectivity index (χ3n) is 4.08. The number of carboxylic acid groups (broad SMARTS) is 1. The molecule has 0 radical (unpaired) electrons. The number of methoxy groups -OCH3 is 1. The molecule has 2 aromatic carbocycles. The van der Waals surface area contributed by atoms with Crippen molar-refractivity contribution in [3.63, 3.8) is 0 Å². The zero-order chi connectivity index (χ0) is 18.4. The molecule has 25 heavy (non-hydrogen) atoms. The smallest absolute Gasteiger partial charge is 0.335 e. The number of carbonyl (C=O) groups is 1. The van der Waals surface area contributed by atoms with Gasteiger partial charge in [0.05, 0.1) is 24.0 Å². The first-order chi connectivity index (χ1) is 11.7. The highest BCUT2D eigenvalue weighted by Gasteiger charge is 2.27. The van der Waals surface area contributed by atoms with Crippen molar-refractivity contribution in [3.05, 3.63) is 41.5 Å². The number of ether oxygens (including phenoxy) is 1. The molecule has 0 aliphatic carbocycles. The van der Waals surface area contributed by atoms with E-state index in [-0.39, 0.29) is 16.7 Å². The summed E-state index contributed by atoms with van der Waals surface area (Å²) in [6, 6.07) is 8.24. The van der Waals surface area contributed by atoms with Crippen LogP contribution < -0.4 is 20.7 Å². The van der Waals surface area contributed by atoms with Crippen LogP contribution in [-0.2, 0) is 5.41 Å². The molecule has 1 heterocycles. The van der Waals surface area contributed by atoms with Gasteiger partial charge in [-0.05, 0) is 29.7 Å². The van der Waals surface area contributed by atoms with Gasteiger partial charge in [-0.25, -0.2) is 4.79 Å². The summed E-state index contributed by atoms with van der Waals surface area (Å²) in [5.41, 5.74) is 8.61. The van der Waals surface area contributed by atoms with Gasteiger partial charge in [-0.3, -0.25) is 10.9 Å². The van der Waals surface area contributed by atoms with Crippen molar-refractivity contribution < 1.29 is 19.7 Å². The van der Waals surface area contributed by atoms with E-state index in [4.69, 9.17) is 9.84 Å². The van der Waals surface area contributed by atoms with E-state index in [9.17, 15) is 9.90 Å². The van der Waals surface area contributed by atoms with Gasteiger partial charge >= 0.3 is 5.97 Å². The standard InChI is InChI=1S/C18H21N3O4/c1-18(2,3)12-8-11(25-4)9-15(16(12)22)21-19-13-6-5-10(17(23)24)7-14(13)20-21/h5-9,19-20,22H,1-4H3,(H,23,24). The number of benzene rings is 2. The molecule has 0 saturated heterocycles. The van der Waals surface area contributed by atoms with Crippen LogP contribution in [0.1, 0.15) is 36.7 Å². The van der Waals surface area contributed by atoms with E-state index in [0.29, 0.717) is 22.8 Å². The normalized spacial score (nSPS) is 13.0. The monoisotopic (exact) mass is 343 g/mol. The second-order valence-corrected chi connectivity index (χ2v) is 6.92. The lowest BCUT2D eigenvalue weighted by atomic mass is 9.86. The second kappa shape index (κ2) is 5.77. The Labute approximate surface area is 145 Å². The average Bonchev–Trinajstić information content (AvgIpc) is 2.96. The lowest BCUT2D eigenvalue weighted by Crippen LogP contribution is -2.30. The summed E-state index contributed by atoms with van der Waals surface area (Å²) < 4.78 is 5.36. The zero-order valence-electron chi connectivity index (χ0n) is 14.5. The Hall–Kier alpha value is -3.09. The number of anilines is 3. The second-order valence-electron chi connectivity index (χ2n) is 6.92. The third-order valence-corrected chi connectivity index (χ3v) is 4.08. The number of phenolic OH excluding ortho intramolecular Hbond substituents is 1. The van der Waals surface area contributed by atoms with Gasteiger partial charge < -0.3 is 14.9 Å². The fourth-order valence-corrected chi connectivity index (χ4v) is 2.71. The lowest BCUT2D eigenvalue weighted by Gasteiger charge is -2.26. The molecule has 1 aliphatic rings. The van der Waals surface area contributed by atoms with Crippen LogP contribution in [0.3, 0.4) is 0 Å². The van der Waals surface area contributed by atoms with Crippen molar-refractivity contribution in [2.24, 2.45) is 0 Å². The number of carboxylic acids is 1. The molecule has 7 heteroatoms. The summed E-state index contributed by atoms with van der Waals surface area (Å²) in [6.45, 7) is 6.01. The number of hydrogen-bond donors (Lipinski definition) is 4. The summed E-state index contributed by atoms with van der Waals surface area (Å²) in [5.74, 6) is -0.259. The minimum Gasteiger partial charge on any atom is -0.505 e. The van der Waals surface area contributed by atoms with Crippen LogP contribution in [0.15, 0.2) is 30.3 Å². The van der Waals surface area contributed by atoms with Crippen LogP contribution in [0.2, 0.25) is 0 Å². The highest BCUT2D eigenvalue weighted by Crippen LogP contribution is 2.43. The first kappa shape index (κ1) is 16.8. The summed E-state index contributed by atoms with van der Waals surface area (Å²) in [5, 5.41) is 21.4. The summed E-state index contributed by atoms with van der Waals surface area (Å²) in [6.07, 6.45) is 0. The molecule has 0 aromatic heterocycles. The Morgan fingerprint density at radius 3 is 2.40 bits per heavy atom. The van der Waals surface area contributed by atoms with Gasteiger partial charge in [-0.1, -0.05) is 20.8 Å². The molecule has 0 spiro atoms. The number of phenols is 1. The maximum absolute atomic E-state index is 11.1. The topological polar surface area (TPSA) is 94.1 Å². The quantitative estimate of drug-likeness (QED) is 0.677. The van der Waals surface area contributed by atoms with Gasteiger partial charge in [-0.2, -0.15) is 5.12 Å². The SMILES string of the molecule is COc1cc(N2Nc3ccc(C(=O)O)cc3N2)c(O)c(C(C)(C)C)c1. The van der Waals surface area contributed by atoms with E-state index in [1.165, 1.54) is 12.1 Å². The molecule has 132 valence electrons. The first-order valence-corrected chi connectivity index (χ1v) is 7.83. The van der Waals surface area contributed by atoms with E-state index in [1.807, 2.05) is 26.8 Å². The fraction of sp³-hybridized carbons (Fsp3) is 0.278. The molecule has 0 amide bonds. The molecule has 0 unspecified atom stereocenters. The number of hydrogen-bond acceptors (Lipinski definition) is 6. The molecule has 0 fully saturated rings. The molecular formula is C18H21N3O4. The van der Waals surface area contributed by atoms with Crippen molar-refractivity contribution in [2.75, 3.05) is 23.1 Å². The van der Waals surface area contributed by atoms with Gasteiger partial charge in [0.2, 0.25) is 0 Å². The third kappa shape index (κ3) is 3.00. The van der Waals surface area contributed by atoms with Gasteiger partial charge in [-0.15, -0.1) is 0 Å². The van der Waals surface area contributed by atoms with Crippen LogP contribution in [0.25, 0.3) is 0 Å². The van der Waals surface area contributed by atoms with Crippen molar-refractivity contribution in [2.45, 2.75) is 26.2 Å². The minimum atomic E-state index is -0.998. The van der Waals surface area contributed by atoms with Crippen molar-refractivity contribution in [3.8, 4) is 11.5 Å². The predicted octanol–water partition coefficient (Wildman–Crippen LogP) is 3.57. The van der Waals surface area contributed by atoms with E-state index < -0.39 is 5.97 Å². The molecule has 0 saturated carbocycles. The number of aromatic carboxylic acids is 1. The highest BCUT2D eigenvalue weighted by molar-refractivity contribution is 5.92. The number of aromatic hydroxyl groups is 1. The maximum Gasteiger partial charge on any atom is 0.335 e. The number of hydrazine groups is 2. The Kier molecular flexibility index (Phi) is 3.87. The highest BCUT2D eigenvalue weighted by atomic mass is 16.5. The zero-order valence-corrected chi connectivity index (χ0v) is 14.5. The Morgan fingerprint density at radius 2 is 1.80 bits per heavy atom. The molecule has 0 atom stereocenters. The molecule has 7 nitrogen and oxygen atoms in total. The molecule has 3 rings (SSSR count). The van der Waals surface area contributed by atoms with Crippen LogP contribution in [0.5, 0.6) is 11.5 Å². The van der Waals surface area contributed by atoms with Gasteiger partial charge in [0.25, 0.3) is 0 Å². The Balaban J connectivity index is 2.02. The summed E-state index contributed by atoms with van der Waals surface area (Å²) in [7, 11) is 1.57. The lowest BCUT2D eigenvalue weighted by molar-refractivity contribution is 0.0697. The molecule has 2 aromatic rings. The Bertz CT molecular complexity index is 843. The van der Waals surface area contributed by atoms with Crippen LogP contribution in [-0.4, -0.2) is 23.3 Å². The van der Waals surface area contributed by atoms with Crippen molar-refractivity contribution >= 4 is 23.0 Å². The largest absolute Gasteiger partial charge is 0.505 e. The van der Waals surface area contributed by atoms with Crippen LogP contribution in [0, 0.1) is 0 Å². The number of fused-ring (bicyclic) bond motifs is 1. The van der Waals surface area contributed by atoms with Crippen LogP contribution in [0.4, 0.5) is 17.1 Å². The van der Waals surface area contributed by atoms with Crippen molar-refractivity contribution in [1.29, 1.82) is 0 Å². The van der Waals surface area contributed by atoms with Crippen LogP contribution >= 0.6 is 0 Å². The number of nitrogens with one attached hydrogen (secondary N) is 2. The number of nitrogens with zero attached hydrogens (tertiary/aromatic N) is 1. The van der Waals surface area contributed by atoms with Gasteiger partial charge in [0.1, 0.15) is 17.2 Å². The molecule has 0 bridgehead atoms. The van der Waals surface area contributed by atoms with E-state index in [2.05, 4.69) is 10.9 Å². The summed E-state index contributed by atoms with van der Waals surface area (Å²) >= 11 is 0. The van der Waals surface area contributed by atoms with E-state index in [1.54, 1.807) is 24.4 Å². The molecule has 4 N–H and O–H groups in total. The van der Waals surface area contributed by atoms with Gasteiger partial charge in [0, 0.05) is 11.6 Å². The van der Waals surface area contributed by atoms with E-state index in [0.717, 1.165) is 5.56 Å². The first-order valence-electron chi connectivity index (χ1n) is 7.83. The fourth-order valence-electron chi connectivity index (χ4n) is 2.71. The predicted molar refractivity (Wildman–Crippen MR) is 96.5 cm³/mol. The number of rotatable bonds is 3. The van der Waals surface area contributed by atoms with E-state index >= 15 is 0 Å². The average molecular weight is 343 g/mol. The summed E-state index contributed by atoms with van der Waals surface area (Å²) in [4.78, 5) is 11.1. The van der Waals surface area contributed by atoms with Crippen molar-refractivity contribution in [1.82, 2.24) is 0 Å².